The maximum atomic E-state index is 14.2. The summed E-state index contributed by atoms with van der Waals surface area (Å²) in [6, 6.07) is 11.8. The molecule has 2 amide bonds. The minimum Gasteiger partial charge on any atom is -0.380 e. The molecule has 3 aromatic rings. The van der Waals surface area contributed by atoms with Crippen molar-refractivity contribution in [3.05, 3.63) is 69.8 Å². The SMILES string of the molecule is CCc1ccc(C(=O)NNC(=O)c2sc3cccc(F)c3c2COC)cc1. The number of amides is 2. The van der Waals surface area contributed by atoms with Gasteiger partial charge in [0.2, 0.25) is 0 Å². The molecule has 0 saturated heterocycles. The zero-order valence-corrected chi connectivity index (χ0v) is 15.8. The average molecular weight is 386 g/mol. The van der Waals surface area contributed by atoms with Gasteiger partial charge in [0.15, 0.2) is 0 Å². The predicted octanol–water partition coefficient (Wildman–Crippen LogP) is 3.82. The number of benzene rings is 2. The smallest absolute Gasteiger partial charge is 0.280 e. The van der Waals surface area contributed by atoms with E-state index in [9.17, 15) is 14.0 Å². The molecule has 0 aliphatic rings. The first-order valence-electron chi connectivity index (χ1n) is 8.43. The second-order valence-electron chi connectivity index (χ2n) is 5.91. The third kappa shape index (κ3) is 3.99. The Labute approximate surface area is 160 Å². The number of ether oxygens (including phenoxy) is 1. The van der Waals surface area contributed by atoms with E-state index in [1.165, 1.54) is 13.2 Å². The number of hydrogen-bond donors (Lipinski definition) is 2. The summed E-state index contributed by atoms with van der Waals surface area (Å²) in [4.78, 5) is 25.1. The van der Waals surface area contributed by atoms with Crippen LogP contribution in [0.2, 0.25) is 0 Å². The summed E-state index contributed by atoms with van der Waals surface area (Å²) in [7, 11) is 1.48. The Balaban J connectivity index is 1.78. The van der Waals surface area contributed by atoms with Gasteiger partial charge in [0.1, 0.15) is 10.7 Å². The lowest BCUT2D eigenvalue weighted by molar-refractivity contribution is 0.0847. The number of nitrogens with one attached hydrogen (secondary N) is 2. The molecule has 3 rings (SSSR count). The Hall–Kier alpha value is -2.77. The van der Waals surface area contributed by atoms with Crippen LogP contribution in [0.5, 0.6) is 0 Å². The van der Waals surface area contributed by atoms with E-state index in [0.29, 0.717) is 26.1 Å². The number of rotatable bonds is 5. The number of hydrogen-bond acceptors (Lipinski definition) is 4. The first kappa shape index (κ1) is 19.0. The second-order valence-corrected chi connectivity index (χ2v) is 6.97. The molecule has 0 aliphatic carbocycles. The summed E-state index contributed by atoms with van der Waals surface area (Å²) in [5.74, 6) is -1.34. The largest absolute Gasteiger partial charge is 0.380 e. The van der Waals surface area contributed by atoms with E-state index < -0.39 is 17.6 Å². The lowest BCUT2D eigenvalue weighted by Gasteiger charge is -2.08. The Bertz CT molecular complexity index is 983. The quantitative estimate of drug-likeness (QED) is 0.655. The molecule has 1 heterocycles. The van der Waals surface area contributed by atoms with Crippen LogP contribution in [-0.2, 0) is 17.8 Å². The van der Waals surface area contributed by atoms with E-state index in [-0.39, 0.29) is 6.61 Å². The molecule has 0 saturated carbocycles. The van der Waals surface area contributed by atoms with Crippen molar-refractivity contribution in [1.82, 2.24) is 10.9 Å². The summed E-state index contributed by atoms with van der Waals surface area (Å²) >= 11 is 1.16. The summed E-state index contributed by atoms with van der Waals surface area (Å²) in [5, 5.41) is 0.371. The third-order valence-corrected chi connectivity index (χ3v) is 5.37. The van der Waals surface area contributed by atoms with Gasteiger partial charge in [-0.05, 0) is 36.2 Å². The van der Waals surface area contributed by atoms with Gasteiger partial charge in [0.05, 0.1) is 6.61 Å². The fraction of sp³-hybridized carbons (Fsp3) is 0.200. The van der Waals surface area contributed by atoms with Crippen LogP contribution < -0.4 is 10.9 Å². The van der Waals surface area contributed by atoms with Crippen LogP contribution in [0, 0.1) is 5.82 Å². The van der Waals surface area contributed by atoms with E-state index in [1.807, 2.05) is 19.1 Å². The molecular weight excluding hydrogens is 367 g/mol. The van der Waals surface area contributed by atoms with Crippen molar-refractivity contribution in [2.75, 3.05) is 7.11 Å². The predicted molar refractivity (Wildman–Crippen MR) is 103 cm³/mol. The molecule has 2 aromatic carbocycles. The van der Waals surface area contributed by atoms with Crippen LogP contribution in [0.25, 0.3) is 10.1 Å². The Morgan fingerprint density at radius 2 is 1.78 bits per heavy atom. The van der Waals surface area contributed by atoms with E-state index in [1.54, 1.807) is 24.3 Å². The molecule has 0 fully saturated rings. The van der Waals surface area contributed by atoms with E-state index in [0.717, 1.165) is 23.3 Å². The first-order chi connectivity index (χ1) is 13.0. The van der Waals surface area contributed by atoms with Gasteiger partial charge in [-0.1, -0.05) is 25.1 Å². The van der Waals surface area contributed by atoms with Gasteiger partial charge in [-0.3, -0.25) is 20.4 Å². The van der Waals surface area contributed by atoms with Gasteiger partial charge in [0, 0.05) is 28.3 Å². The number of methoxy groups -OCH3 is 1. The van der Waals surface area contributed by atoms with E-state index in [2.05, 4.69) is 10.9 Å². The number of carbonyl (C=O) groups excluding carboxylic acids is 2. The highest BCUT2D eigenvalue weighted by Crippen LogP contribution is 2.33. The molecule has 2 N–H and O–H groups in total. The van der Waals surface area contributed by atoms with E-state index >= 15 is 0 Å². The van der Waals surface area contributed by atoms with Gasteiger partial charge in [-0.25, -0.2) is 4.39 Å². The first-order valence-corrected chi connectivity index (χ1v) is 9.25. The molecule has 7 heteroatoms. The van der Waals surface area contributed by atoms with Gasteiger partial charge >= 0.3 is 0 Å². The molecule has 0 atom stereocenters. The summed E-state index contributed by atoms with van der Waals surface area (Å²) in [6.07, 6.45) is 0.878. The molecule has 0 radical (unpaired) electrons. The molecular formula is C20H19FN2O3S. The minimum absolute atomic E-state index is 0.0934. The highest BCUT2D eigenvalue weighted by atomic mass is 32.1. The maximum Gasteiger partial charge on any atom is 0.280 e. The number of thiophene rings is 1. The highest BCUT2D eigenvalue weighted by Gasteiger charge is 2.21. The lowest BCUT2D eigenvalue weighted by Crippen LogP contribution is -2.41. The van der Waals surface area contributed by atoms with Crippen LogP contribution in [0.15, 0.2) is 42.5 Å². The third-order valence-electron chi connectivity index (χ3n) is 4.17. The summed E-state index contributed by atoms with van der Waals surface area (Å²) in [5.41, 5.74) is 6.82. The van der Waals surface area contributed by atoms with Gasteiger partial charge in [0.25, 0.3) is 11.8 Å². The van der Waals surface area contributed by atoms with Crippen LogP contribution in [-0.4, -0.2) is 18.9 Å². The highest BCUT2D eigenvalue weighted by molar-refractivity contribution is 7.21. The molecule has 1 aromatic heterocycles. The lowest BCUT2D eigenvalue weighted by atomic mass is 10.1. The summed E-state index contributed by atoms with van der Waals surface area (Å²) in [6.45, 7) is 2.12. The van der Waals surface area contributed by atoms with Crippen molar-refractivity contribution in [2.24, 2.45) is 0 Å². The van der Waals surface area contributed by atoms with Crippen molar-refractivity contribution in [2.45, 2.75) is 20.0 Å². The van der Waals surface area contributed by atoms with Gasteiger partial charge in [-0.2, -0.15) is 0 Å². The van der Waals surface area contributed by atoms with Crippen molar-refractivity contribution >= 4 is 33.2 Å². The molecule has 140 valence electrons. The number of aryl methyl sites for hydroxylation is 1. The zero-order valence-electron chi connectivity index (χ0n) is 15.0. The number of fused-ring (bicyclic) bond motifs is 1. The number of hydrazine groups is 1. The van der Waals surface area contributed by atoms with Crippen LogP contribution in [0.1, 0.15) is 38.1 Å². The Kier molecular flexibility index (Phi) is 5.83. The number of halogens is 1. The summed E-state index contributed by atoms with van der Waals surface area (Å²) < 4.78 is 20.0. The van der Waals surface area contributed by atoms with Gasteiger partial charge < -0.3 is 4.74 Å². The maximum absolute atomic E-state index is 14.2. The fourth-order valence-electron chi connectivity index (χ4n) is 2.77. The van der Waals surface area contributed by atoms with E-state index in [4.69, 9.17) is 4.74 Å². The molecule has 0 unspecified atom stereocenters. The van der Waals surface area contributed by atoms with Crippen molar-refractivity contribution in [1.29, 1.82) is 0 Å². The normalized spacial score (nSPS) is 10.8. The average Bonchev–Trinajstić information content (AvgIpc) is 3.06. The van der Waals surface area contributed by atoms with Gasteiger partial charge in [-0.15, -0.1) is 11.3 Å². The monoisotopic (exact) mass is 386 g/mol. The van der Waals surface area contributed by atoms with Crippen LogP contribution in [0.3, 0.4) is 0 Å². The fourth-order valence-corrected chi connectivity index (χ4v) is 3.88. The standard InChI is InChI=1S/C20H19FN2O3S/c1-3-12-7-9-13(10-8-12)19(24)22-23-20(25)18-14(11-26-2)17-15(21)5-4-6-16(17)27-18/h4-10H,3,11H2,1-2H3,(H,22,24)(H,23,25). The molecule has 0 aliphatic heterocycles. The van der Waals surface area contributed by atoms with Crippen molar-refractivity contribution in [3.8, 4) is 0 Å². The van der Waals surface area contributed by atoms with Crippen LogP contribution >= 0.6 is 11.3 Å². The van der Waals surface area contributed by atoms with Crippen molar-refractivity contribution < 1.29 is 18.7 Å². The molecule has 27 heavy (non-hydrogen) atoms. The molecule has 5 nitrogen and oxygen atoms in total. The van der Waals surface area contributed by atoms with Crippen molar-refractivity contribution in [3.63, 3.8) is 0 Å². The van der Waals surface area contributed by atoms with Crippen LogP contribution in [0.4, 0.5) is 4.39 Å². The molecule has 0 spiro atoms. The molecule has 0 bridgehead atoms. The minimum atomic E-state index is -0.513. The Morgan fingerprint density at radius 3 is 2.44 bits per heavy atom. The second kappa shape index (κ2) is 8.28. The topological polar surface area (TPSA) is 67.4 Å². The Morgan fingerprint density at radius 1 is 1.07 bits per heavy atom. The zero-order chi connectivity index (χ0) is 19.4. The number of carbonyl (C=O) groups is 2.